The van der Waals surface area contributed by atoms with E-state index in [9.17, 15) is 29.4 Å². The summed E-state index contributed by atoms with van der Waals surface area (Å²) in [6, 6.07) is 1.59. The predicted octanol–water partition coefficient (Wildman–Crippen LogP) is -0.407. The van der Waals surface area contributed by atoms with Crippen molar-refractivity contribution in [2.75, 3.05) is 18.6 Å². The average molecular weight is 513 g/mol. The van der Waals surface area contributed by atoms with Gasteiger partial charge >= 0.3 is 5.97 Å². The number of phenols is 1. The molecule has 0 aliphatic rings. The average Bonchev–Trinajstić information content (AvgIpc) is 2.79. The Morgan fingerprint density at radius 1 is 0.943 bits per heavy atom. The van der Waals surface area contributed by atoms with Gasteiger partial charge in [0.05, 0.1) is 12.6 Å². The standard InChI is InChI=1S/C23H36N4O7S/c1-13(2)10-16(24)20(30)26-18(11-14-4-6-15(29)7-5-14)22(32)25-17(8-9-35-3)21(31)27-19(12-28)23(33)34/h4-7,13,16-19,28-29H,8-12,24H2,1-3H3,(H,25,32)(H,26,30)(H,27,31)(H,33,34). The van der Waals surface area contributed by atoms with Crippen LogP contribution < -0.4 is 21.7 Å². The molecular formula is C23H36N4O7S. The lowest BCUT2D eigenvalue weighted by Crippen LogP contribution is -2.58. The molecule has 0 fully saturated rings. The molecule has 4 unspecified atom stereocenters. The number of benzene rings is 1. The molecule has 12 heteroatoms. The Morgan fingerprint density at radius 2 is 1.49 bits per heavy atom. The molecule has 0 aliphatic heterocycles. The summed E-state index contributed by atoms with van der Waals surface area (Å²) in [5.74, 6) is -2.65. The van der Waals surface area contributed by atoms with Crippen molar-refractivity contribution in [2.24, 2.45) is 11.7 Å². The number of aromatic hydroxyl groups is 1. The van der Waals surface area contributed by atoms with Crippen LogP contribution in [0.2, 0.25) is 0 Å². The van der Waals surface area contributed by atoms with Crippen molar-refractivity contribution in [1.82, 2.24) is 16.0 Å². The molecule has 0 saturated carbocycles. The second kappa shape index (κ2) is 15.2. The third-order valence-corrected chi connectivity index (χ3v) is 5.76. The zero-order chi connectivity index (χ0) is 26.5. The van der Waals surface area contributed by atoms with E-state index >= 15 is 0 Å². The number of carboxylic acid groups (broad SMARTS) is 1. The molecule has 35 heavy (non-hydrogen) atoms. The lowest BCUT2D eigenvalue weighted by atomic mass is 10.0. The molecule has 0 radical (unpaired) electrons. The Balaban J connectivity index is 3.08. The van der Waals surface area contributed by atoms with E-state index in [4.69, 9.17) is 10.8 Å². The molecule has 0 bridgehead atoms. The maximum absolute atomic E-state index is 13.2. The Labute approximate surface area is 209 Å². The molecule has 0 aliphatic carbocycles. The van der Waals surface area contributed by atoms with Gasteiger partial charge in [0.1, 0.15) is 23.9 Å². The van der Waals surface area contributed by atoms with E-state index in [0.717, 1.165) is 0 Å². The van der Waals surface area contributed by atoms with E-state index in [1.165, 1.54) is 23.9 Å². The first-order valence-corrected chi connectivity index (χ1v) is 12.6. The van der Waals surface area contributed by atoms with Crippen molar-refractivity contribution in [3.05, 3.63) is 29.8 Å². The number of rotatable bonds is 15. The summed E-state index contributed by atoms with van der Waals surface area (Å²) in [7, 11) is 0. The zero-order valence-corrected chi connectivity index (χ0v) is 21.0. The van der Waals surface area contributed by atoms with Crippen LogP contribution in [0.3, 0.4) is 0 Å². The molecule has 0 aromatic heterocycles. The number of nitrogens with two attached hydrogens (primary N) is 1. The molecule has 3 amide bonds. The number of hydrogen-bond acceptors (Lipinski definition) is 8. The highest BCUT2D eigenvalue weighted by Gasteiger charge is 2.30. The van der Waals surface area contributed by atoms with E-state index in [1.54, 1.807) is 12.1 Å². The van der Waals surface area contributed by atoms with Crippen molar-refractivity contribution in [3.8, 4) is 5.75 Å². The fourth-order valence-corrected chi connectivity index (χ4v) is 3.68. The largest absolute Gasteiger partial charge is 0.508 e. The molecule has 0 spiro atoms. The van der Waals surface area contributed by atoms with Gasteiger partial charge in [0.25, 0.3) is 0 Å². The topological polar surface area (TPSA) is 191 Å². The van der Waals surface area contributed by atoms with Crippen LogP contribution in [0, 0.1) is 5.92 Å². The third kappa shape index (κ3) is 11.0. The molecular weight excluding hydrogens is 476 g/mol. The maximum atomic E-state index is 13.2. The van der Waals surface area contributed by atoms with Crippen LogP contribution in [0.1, 0.15) is 32.3 Å². The molecule has 1 aromatic rings. The minimum absolute atomic E-state index is 0.0448. The Morgan fingerprint density at radius 3 is 2.00 bits per heavy atom. The van der Waals surface area contributed by atoms with Gasteiger partial charge in [-0.1, -0.05) is 26.0 Å². The van der Waals surface area contributed by atoms with Crippen LogP contribution in [-0.4, -0.2) is 81.8 Å². The van der Waals surface area contributed by atoms with Gasteiger partial charge in [0, 0.05) is 6.42 Å². The summed E-state index contributed by atoms with van der Waals surface area (Å²) >= 11 is 1.43. The quantitative estimate of drug-likeness (QED) is 0.164. The molecule has 11 nitrogen and oxygen atoms in total. The number of phenolic OH excluding ortho intramolecular Hbond substituents is 1. The van der Waals surface area contributed by atoms with Gasteiger partial charge in [-0.25, -0.2) is 4.79 Å². The van der Waals surface area contributed by atoms with Gasteiger partial charge in [-0.15, -0.1) is 0 Å². The van der Waals surface area contributed by atoms with E-state index < -0.39 is 54.5 Å². The first-order chi connectivity index (χ1) is 16.5. The molecule has 0 heterocycles. The van der Waals surface area contributed by atoms with Gasteiger partial charge in [0.15, 0.2) is 0 Å². The van der Waals surface area contributed by atoms with Gasteiger partial charge in [0.2, 0.25) is 17.7 Å². The van der Waals surface area contributed by atoms with Crippen molar-refractivity contribution in [3.63, 3.8) is 0 Å². The van der Waals surface area contributed by atoms with Crippen LogP contribution in [0.25, 0.3) is 0 Å². The van der Waals surface area contributed by atoms with E-state index in [-0.39, 0.29) is 24.5 Å². The third-order valence-electron chi connectivity index (χ3n) is 5.11. The first kappa shape index (κ1) is 30.2. The van der Waals surface area contributed by atoms with Crippen LogP contribution in [0.15, 0.2) is 24.3 Å². The number of nitrogens with one attached hydrogen (secondary N) is 3. The summed E-state index contributed by atoms with van der Waals surface area (Å²) in [4.78, 5) is 49.7. The SMILES string of the molecule is CSCCC(NC(=O)C(Cc1ccc(O)cc1)NC(=O)C(N)CC(C)C)C(=O)NC(CO)C(=O)O. The lowest BCUT2D eigenvalue weighted by Gasteiger charge is -2.25. The van der Waals surface area contributed by atoms with Crippen LogP contribution >= 0.6 is 11.8 Å². The number of carbonyl (C=O) groups excluding carboxylic acids is 3. The normalized spacial score (nSPS) is 14.5. The number of carboxylic acids is 1. The van der Waals surface area contributed by atoms with Gasteiger partial charge in [-0.3, -0.25) is 14.4 Å². The van der Waals surface area contributed by atoms with E-state index in [0.29, 0.717) is 17.7 Å². The summed E-state index contributed by atoms with van der Waals surface area (Å²) in [5.41, 5.74) is 6.62. The van der Waals surface area contributed by atoms with E-state index in [2.05, 4.69) is 16.0 Å². The fourth-order valence-electron chi connectivity index (χ4n) is 3.21. The summed E-state index contributed by atoms with van der Waals surface area (Å²) in [6.07, 6.45) is 2.49. The Hall–Kier alpha value is -2.83. The number of carbonyl (C=O) groups is 4. The highest BCUT2D eigenvalue weighted by atomic mass is 32.2. The number of thioether (sulfide) groups is 1. The van der Waals surface area contributed by atoms with Crippen molar-refractivity contribution >= 4 is 35.5 Å². The smallest absolute Gasteiger partial charge is 0.328 e. The molecule has 1 aromatic carbocycles. The molecule has 4 atom stereocenters. The van der Waals surface area contributed by atoms with Crippen molar-refractivity contribution in [2.45, 2.75) is 57.3 Å². The van der Waals surface area contributed by atoms with Gasteiger partial charge in [-0.05, 0) is 48.5 Å². The summed E-state index contributed by atoms with van der Waals surface area (Å²) < 4.78 is 0. The molecule has 196 valence electrons. The number of hydrogen-bond donors (Lipinski definition) is 7. The highest BCUT2D eigenvalue weighted by Crippen LogP contribution is 2.12. The fraction of sp³-hybridized carbons (Fsp3) is 0.565. The Bertz CT molecular complexity index is 851. The molecule has 0 saturated heterocycles. The van der Waals surface area contributed by atoms with Crippen LogP contribution in [-0.2, 0) is 25.6 Å². The zero-order valence-electron chi connectivity index (χ0n) is 20.2. The first-order valence-electron chi connectivity index (χ1n) is 11.3. The van der Waals surface area contributed by atoms with Crippen LogP contribution in [0.4, 0.5) is 0 Å². The number of aliphatic hydroxyl groups is 1. The number of amides is 3. The number of aliphatic hydroxyl groups excluding tert-OH is 1. The lowest BCUT2D eigenvalue weighted by molar-refractivity contribution is -0.143. The monoisotopic (exact) mass is 512 g/mol. The van der Waals surface area contributed by atoms with Gasteiger partial charge in [-0.2, -0.15) is 11.8 Å². The highest BCUT2D eigenvalue weighted by molar-refractivity contribution is 7.98. The minimum Gasteiger partial charge on any atom is -0.508 e. The number of aliphatic carboxylic acids is 1. The maximum Gasteiger partial charge on any atom is 0.328 e. The van der Waals surface area contributed by atoms with Crippen molar-refractivity contribution < 1.29 is 34.5 Å². The molecule has 8 N–H and O–H groups in total. The van der Waals surface area contributed by atoms with Gasteiger partial charge < -0.3 is 37.0 Å². The van der Waals surface area contributed by atoms with Crippen LogP contribution in [0.5, 0.6) is 5.75 Å². The predicted molar refractivity (Wildman–Crippen MR) is 133 cm³/mol. The van der Waals surface area contributed by atoms with E-state index in [1.807, 2.05) is 20.1 Å². The van der Waals surface area contributed by atoms with Crippen molar-refractivity contribution in [1.29, 1.82) is 0 Å². The second-order valence-electron chi connectivity index (χ2n) is 8.59. The Kier molecular flexibility index (Phi) is 13.1. The second-order valence-corrected chi connectivity index (χ2v) is 9.58. The summed E-state index contributed by atoms with van der Waals surface area (Å²) in [5, 5.41) is 35.3. The molecule has 1 rings (SSSR count). The minimum atomic E-state index is -1.52. The summed E-state index contributed by atoms with van der Waals surface area (Å²) in [6.45, 7) is 3.02.